The van der Waals surface area contributed by atoms with E-state index in [1.807, 2.05) is 0 Å². The first kappa shape index (κ1) is 21.4. The zero-order valence-corrected chi connectivity index (χ0v) is 17.3. The average molecular weight is 434 g/mol. The maximum atomic E-state index is 13.2. The fraction of sp³-hybridized carbons (Fsp3) is 0.500. The van der Waals surface area contributed by atoms with Crippen molar-refractivity contribution >= 4 is 11.8 Å². The van der Waals surface area contributed by atoms with E-state index in [2.05, 4.69) is 22.4 Å². The van der Waals surface area contributed by atoms with Gasteiger partial charge in [-0.1, -0.05) is 19.1 Å². The van der Waals surface area contributed by atoms with Gasteiger partial charge in [-0.2, -0.15) is 18.3 Å². The quantitative estimate of drug-likeness (QED) is 0.775. The molecular weight excluding hydrogens is 409 g/mol. The fourth-order valence-corrected chi connectivity index (χ4v) is 4.42. The Bertz CT molecular complexity index is 977. The van der Waals surface area contributed by atoms with Gasteiger partial charge in [0.15, 0.2) is 5.69 Å². The van der Waals surface area contributed by atoms with Crippen LogP contribution in [0.25, 0.3) is 0 Å². The van der Waals surface area contributed by atoms with Crippen molar-refractivity contribution in [3.8, 4) is 0 Å². The molecule has 166 valence electrons. The third-order valence-corrected chi connectivity index (χ3v) is 6.19. The number of aromatic nitrogens is 2. The topological polar surface area (TPSA) is 78.1 Å². The van der Waals surface area contributed by atoms with E-state index in [4.69, 9.17) is 0 Å². The summed E-state index contributed by atoms with van der Waals surface area (Å²) in [6.45, 7) is 2.72. The number of aryl methyl sites for hydroxylation is 1. The molecule has 0 bridgehead atoms. The number of hydrogen-bond acceptors (Lipinski definition) is 3. The molecule has 1 fully saturated rings. The number of carbonyl (C=O) groups is 2. The zero-order chi connectivity index (χ0) is 22.2. The highest BCUT2D eigenvalue weighted by atomic mass is 19.4. The van der Waals surface area contributed by atoms with E-state index in [9.17, 15) is 22.8 Å². The molecule has 0 saturated carbocycles. The minimum absolute atomic E-state index is 0.150. The number of rotatable bonds is 3. The molecule has 1 aromatic carbocycles. The third-order valence-electron chi connectivity index (χ3n) is 6.19. The van der Waals surface area contributed by atoms with Crippen LogP contribution in [-0.4, -0.2) is 46.0 Å². The SMILES string of the molecule is CC1CCc2[nH]nc(C(=O)NC3CCN(C(=O)c4ccccc4C(F)(F)F)CC3)c2C1. The van der Waals surface area contributed by atoms with Crippen molar-refractivity contribution in [3.63, 3.8) is 0 Å². The van der Waals surface area contributed by atoms with Crippen LogP contribution in [0.15, 0.2) is 24.3 Å². The molecule has 1 unspecified atom stereocenters. The largest absolute Gasteiger partial charge is 0.417 e. The predicted molar refractivity (Wildman–Crippen MR) is 108 cm³/mol. The second-order valence-corrected chi connectivity index (χ2v) is 8.46. The first-order valence-electron chi connectivity index (χ1n) is 10.6. The average Bonchev–Trinajstić information content (AvgIpc) is 3.16. The number of hydrogen-bond donors (Lipinski definition) is 2. The summed E-state index contributed by atoms with van der Waals surface area (Å²) >= 11 is 0. The highest BCUT2D eigenvalue weighted by molar-refractivity contribution is 5.96. The van der Waals surface area contributed by atoms with Gasteiger partial charge in [-0.3, -0.25) is 14.7 Å². The van der Waals surface area contributed by atoms with E-state index in [0.29, 0.717) is 24.5 Å². The molecule has 1 aliphatic heterocycles. The molecule has 31 heavy (non-hydrogen) atoms. The molecule has 2 aromatic rings. The molecule has 1 aliphatic carbocycles. The fourth-order valence-electron chi connectivity index (χ4n) is 4.42. The molecule has 1 aromatic heterocycles. The summed E-state index contributed by atoms with van der Waals surface area (Å²) in [5.74, 6) is -0.364. The number of aromatic amines is 1. The summed E-state index contributed by atoms with van der Waals surface area (Å²) in [6.07, 6.45) is -0.848. The third kappa shape index (κ3) is 4.45. The summed E-state index contributed by atoms with van der Waals surface area (Å²) < 4.78 is 39.7. The Morgan fingerprint density at radius 1 is 1.16 bits per heavy atom. The molecule has 0 spiro atoms. The Balaban J connectivity index is 1.37. The second-order valence-electron chi connectivity index (χ2n) is 8.46. The van der Waals surface area contributed by atoms with Crippen LogP contribution in [0.2, 0.25) is 0 Å². The lowest BCUT2D eigenvalue weighted by Crippen LogP contribution is -2.47. The number of alkyl halides is 3. The van der Waals surface area contributed by atoms with Crippen LogP contribution in [0.4, 0.5) is 13.2 Å². The van der Waals surface area contributed by atoms with Crippen LogP contribution in [-0.2, 0) is 19.0 Å². The van der Waals surface area contributed by atoms with Crippen molar-refractivity contribution in [2.75, 3.05) is 13.1 Å². The number of nitrogens with zero attached hydrogens (tertiary/aromatic N) is 2. The smallest absolute Gasteiger partial charge is 0.348 e. The molecule has 1 saturated heterocycles. The van der Waals surface area contributed by atoms with Crippen LogP contribution >= 0.6 is 0 Å². The van der Waals surface area contributed by atoms with Gasteiger partial charge in [0.1, 0.15) is 0 Å². The van der Waals surface area contributed by atoms with Crippen molar-refractivity contribution in [2.45, 2.75) is 51.2 Å². The zero-order valence-electron chi connectivity index (χ0n) is 17.3. The van der Waals surface area contributed by atoms with E-state index < -0.39 is 17.6 Å². The number of amides is 2. The molecule has 0 radical (unpaired) electrons. The summed E-state index contributed by atoms with van der Waals surface area (Å²) in [6, 6.07) is 4.69. The summed E-state index contributed by atoms with van der Waals surface area (Å²) in [5, 5.41) is 10.2. The summed E-state index contributed by atoms with van der Waals surface area (Å²) in [4.78, 5) is 26.9. The number of benzene rings is 1. The van der Waals surface area contributed by atoms with Gasteiger partial charge >= 0.3 is 6.18 Å². The Morgan fingerprint density at radius 2 is 1.87 bits per heavy atom. The maximum Gasteiger partial charge on any atom is 0.417 e. The first-order chi connectivity index (χ1) is 14.7. The lowest BCUT2D eigenvalue weighted by Gasteiger charge is -2.33. The summed E-state index contributed by atoms with van der Waals surface area (Å²) in [7, 11) is 0. The number of nitrogens with one attached hydrogen (secondary N) is 2. The minimum Gasteiger partial charge on any atom is -0.348 e. The number of fused-ring (bicyclic) bond motifs is 1. The number of halogens is 3. The Kier molecular flexibility index (Phi) is 5.77. The molecule has 2 heterocycles. The van der Waals surface area contributed by atoms with Gasteiger partial charge in [0.05, 0.1) is 11.1 Å². The van der Waals surface area contributed by atoms with Crippen molar-refractivity contribution in [2.24, 2.45) is 5.92 Å². The molecule has 2 N–H and O–H groups in total. The number of carbonyl (C=O) groups excluding carboxylic acids is 2. The molecule has 4 rings (SSSR count). The number of piperidine rings is 1. The van der Waals surface area contributed by atoms with E-state index in [1.165, 1.54) is 23.1 Å². The molecular formula is C22H25F3N4O2. The van der Waals surface area contributed by atoms with Crippen LogP contribution in [0, 0.1) is 5.92 Å². The Morgan fingerprint density at radius 3 is 2.58 bits per heavy atom. The van der Waals surface area contributed by atoms with Gasteiger partial charge in [0, 0.05) is 30.4 Å². The molecule has 2 amide bonds. The lowest BCUT2D eigenvalue weighted by atomic mass is 9.87. The van der Waals surface area contributed by atoms with E-state index >= 15 is 0 Å². The van der Waals surface area contributed by atoms with Crippen molar-refractivity contribution in [1.82, 2.24) is 20.4 Å². The van der Waals surface area contributed by atoms with Gasteiger partial charge in [-0.05, 0) is 50.2 Å². The molecule has 2 aliphatic rings. The standard InChI is InChI=1S/C22H25F3N4O2/c1-13-6-7-18-16(12-13)19(28-27-18)20(30)26-14-8-10-29(11-9-14)21(31)15-4-2-3-5-17(15)22(23,24)25/h2-5,13-14H,6-12H2,1H3,(H,26,30)(H,27,28). The monoisotopic (exact) mass is 434 g/mol. The van der Waals surface area contributed by atoms with E-state index in [1.54, 1.807) is 0 Å². The minimum atomic E-state index is -4.58. The first-order valence-corrected chi connectivity index (χ1v) is 10.6. The maximum absolute atomic E-state index is 13.2. The molecule has 6 nitrogen and oxygen atoms in total. The molecule has 1 atom stereocenters. The highest BCUT2D eigenvalue weighted by Gasteiger charge is 2.36. The number of likely N-dealkylation sites (tertiary alicyclic amines) is 1. The molecule has 9 heteroatoms. The van der Waals surface area contributed by atoms with Crippen molar-refractivity contribution in [1.29, 1.82) is 0 Å². The number of H-pyrrole nitrogens is 1. The lowest BCUT2D eigenvalue weighted by molar-refractivity contribution is -0.138. The van der Waals surface area contributed by atoms with Crippen molar-refractivity contribution in [3.05, 3.63) is 52.3 Å². The Labute approximate surface area is 178 Å². The van der Waals surface area contributed by atoms with Crippen LogP contribution in [0.3, 0.4) is 0 Å². The van der Waals surface area contributed by atoms with Crippen LogP contribution < -0.4 is 5.32 Å². The van der Waals surface area contributed by atoms with Gasteiger partial charge in [0.25, 0.3) is 11.8 Å². The van der Waals surface area contributed by atoms with Gasteiger partial charge in [0.2, 0.25) is 0 Å². The van der Waals surface area contributed by atoms with Crippen LogP contribution in [0.5, 0.6) is 0 Å². The van der Waals surface area contributed by atoms with Gasteiger partial charge < -0.3 is 10.2 Å². The second kappa shape index (κ2) is 8.36. The van der Waals surface area contributed by atoms with Gasteiger partial charge in [-0.15, -0.1) is 0 Å². The normalized spacial score (nSPS) is 19.7. The van der Waals surface area contributed by atoms with Crippen molar-refractivity contribution < 1.29 is 22.8 Å². The predicted octanol–water partition coefficient (Wildman–Crippen LogP) is 3.59. The highest BCUT2D eigenvalue weighted by Crippen LogP contribution is 2.33. The summed E-state index contributed by atoms with van der Waals surface area (Å²) in [5.41, 5.74) is 1.17. The van der Waals surface area contributed by atoms with Gasteiger partial charge in [-0.25, -0.2) is 0 Å². The van der Waals surface area contributed by atoms with E-state index in [0.717, 1.165) is 36.6 Å². The Hall–Kier alpha value is -2.84. The van der Waals surface area contributed by atoms with E-state index in [-0.39, 0.29) is 30.6 Å². The van der Waals surface area contributed by atoms with Crippen LogP contribution in [0.1, 0.15) is 63.9 Å².